The molecular formula is C8F4NO2. The van der Waals surface area contributed by atoms with E-state index in [4.69, 9.17) is 0 Å². The Kier molecular flexibility index (Phi) is 1.79. The molecule has 0 aromatic heterocycles. The number of benzene rings is 1. The highest BCUT2D eigenvalue weighted by Crippen LogP contribution is 2.27. The molecule has 0 bridgehead atoms. The monoisotopic (exact) mass is 218 g/mol. The molecule has 3 nitrogen and oxygen atoms in total. The fourth-order valence-corrected chi connectivity index (χ4v) is 1.24. The SMILES string of the molecule is O=C1[N]C(=O)c2c(F)c(F)c(F)c(F)c21. The average molecular weight is 218 g/mol. The van der Waals surface area contributed by atoms with Gasteiger partial charge in [0.05, 0.1) is 11.1 Å². The summed E-state index contributed by atoms with van der Waals surface area (Å²) >= 11 is 0. The molecule has 15 heavy (non-hydrogen) atoms. The summed E-state index contributed by atoms with van der Waals surface area (Å²) in [4.78, 5) is 21.7. The number of amides is 2. The van der Waals surface area contributed by atoms with Gasteiger partial charge in [0.15, 0.2) is 23.3 Å². The number of hydrogen-bond acceptors (Lipinski definition) is 2. The van der Waals surface area contributed by atoms with Crippen LogP contribution in [0.3, 0.4) is 0 Å². The maximum absolute atomic E-state index is 13.0. The molecule has 0 saturated heterocycles. The van der Waals surface area contributed by atoms with Crippen molar-refractivity contribution in [2.24, 2.45) is 0 Å². The van der Waals surface area contributed by atoms with Gasteiger partial charge in [0.25, 0.3) is 11.8 Å². The molecule has 0 N–H and O–H groups in total. The van der Waals surface area contributed by atoms with Gasteiger partial charge in [-0.15, -0.1) is 0 Å². The molecular weight excluding hydrogens is 218 g/mol. The van der Waals surface area contributed by atoms with Crippen molar-refractivity contribution in [2.45, 2.75) is 0 Å². The molecule has 1 radical (unpaired) electrons. The van der Waals surface area contributed by atoms with Gasteiger partial charge < -0.3 is 0 Å². The summed E-state index contributed by atoms with van der Waals surface area (Å²) in [7, 11) is 0. The quantitative estimate of drug-likeness (QED) is 0.284. The van der Waals surface area contributed by atoms with E-state index in [1.807, 2.05) is 0 Å². The number of carbonyl (C=O) groups is 2. The van der Waals surface area contributed by atoms with Crippen LogP contribution in [0.5, 0.6) is 0 Å². The van der Waals surface area contributed by atoms with Gasteiger partial charge in [0.1, 0.15) is 0 Å². The molecule has 0 atom stereocenters. The lowest BCUT2D eigenvalue weighted by Crippen LogP contribution is -2.11. The molecule has 0 spiro atoms. The lowest BCUT2D eigenvalue weighted by atomic mass is 10.1. The summed E-state index contributed by atoms with van der Waals surface area (Å²) in [5.41, 5.74) is -2.31. The highest BCUT2D eigenvalue weighted by Gasteiger charge is 2.39. The maximum atomic E-state index is 13.0. The van der Waals surface area contributed by atoms with Crippen LogP contribution in [-0.2, 0) is 0 Å². The second kappa shape index (κ2) is 2.78. The summed E-state index contributed by atoms with van der Waals surface area (Å²) in [6.07, 6.45) is 0. The minimum absolute atomic E-state index is 1.16. The second-order valence-electron chi connectivity index (χ2n) is 2.73. The molecule has 1 heterocycles. The standard InChI is InChI=1S/C8F4NO2/c9-3-1-2(8(15)13-7(1)14)4(10)6(12)5(3)11. The van der Waals surface area contributed by atoms with E-state index in [0.29, 0.717) is 0 Å². The van der Waals surface area contributed by atoms with Crippen LogP contribution >= 0.6 is 0 Å². The molecule has 1 aromatic carbocycles. The molecule has 1 aliphatic heterocycles. The topological polar surface area (TPSA) is 48.2 Å². The minimum atomic E-state index is -2.13. The molecule has 2 rings (SSSR count). The molecule has 0 aliphatic carbocycles. The van der Waals surface area contributed by atoms with Gasteiger partial charge in [-0.05, 0) is 0 Å². The highest BCUT2D eigenvalue weighted by molar-refractivity contribution is 6.21. The predicted octanol–water partition coefficient (Wildman–Crippen LogP) is 1.14. The molecule has 0 fully saturated rings. The number of rotatable bonds is 0. The molecule has 1 aromatic rings. The van der Waals surface area contributed by atoms with Crippen LogP contribution in [-0.4, -0.2) is 11.8 Å². The zero-order valence-corrected chi connectivity index (χ0v) is 6.78. The van der Waals surface area contributed by atoms with Crippen molar-refractivity contribution >= 4 is 11.8 Å². The number of imide groups is 1. The van der Waals surface area contributed by atoms with E-state index in [-0.39, 0.29) is 0 Å². The van der Waals surface area contributed by atoms with Crippen molar-refractivity contribution in [3.8, 4) is 0 Å². The minimum Gasteiger partial charge on any atom is -0.266 e. The Morgan fingerprint density at radius 2 is 1.00 bits per heavy atom. The van der Waals surface area contributed by atoms with Gasteiger partial charge in [0.2, 0.25) is 0 Å². The van der Waals surface area contributed by atoms with Crippen LogP contribution in [0.1, 0.15) is 20.7 Å². The summed E-state index contributed by atoms with van der Waals surface area (Å²) in [6.45, 7) is 0. The third kappa shape index (κ3) is 1.06. The molecule has 0 unspecified atom stereocenters. The van der Waals surface area contributed by atoms with E-state index in [1.165, 1.54) is 0 Å². The van der Waals surface area contributed by atoms with Gasteiger partial charge in [-0.25, -0.2) is 17.6 Å². The van der Waals surface area contributed by atoms with Gasteiger partial charge >= 0.3 is 0 Å². The normalized spacial score (nSPS) is 14.1. The van der Waals surface area contributed by atoms with E-state index in [1.54, 1.807) is 0 Å². The Hall–Kier alpha value is -1.92. The molecule has 1 aliphatic rings. The Labute approximate surface area is 79.7 Å². The number of halogens is 4. The average Bonchev–Trinajstić information content (AvgIpc) is 2.47. The van der Waals surface area contributed by atoms with Crippen molar-refractivity contribution in [1.29, 1.82) is 0 Å². The van der Waals surface area contributed by atoms with Gasteiger partial charge in [-0.1, -0.05) is 0 Å². The molecule has 77 valence electrons. The van der Waals surface area contributed by atoms with Crippen molar-refractivity contribution in [2.75, 3.05) is 0 Å². The second-order valence-corrected chi connectivity index (χ2v) is 2.73. The summed E-state index contributed by atoms with van der Waals surface area (Å²) in [6, 6.07) is 0. The Bertz CT molecular complexity index is 467. The third-order valence-corrected chi connectivity index (χ3v) is 1.90. The van der Waals surface area contributed by atoms with Crippen LogP contribution in [0.2, 0.25) is 0 Å². The van der Waals surface area contributed by atoms with Crippen molar-refractivity contribution in [3.63, 3.8) is 0 Å². The van der Waals surface area contributed by atoms with E-state index < -0.39 is 46.2 Å². The summed E-state index contributed by atoms with van der Waals surface area (Å²) < 4.78 is 51.2. The van der Waals surface area contributed by atoms with E-state index in [2.05, 4.69) is 5.32 Å². The van der Waals surface area contributed by atoms with Crippen molar-refractivity contribution in [3.05, 3.63) is 34.4 Å². The Morgan fingerprint density at radius 1 is 0.667 bits per heavy atom. The van der Waals surface area contributed by atoms with Gasteiger partial charge in [-0.2, -0.15) is 5.32 Å². The molecule has 0 saturated carbocycles. The highest BCUT2D eigenvalue weighted by atomic mass is 19.2. The Morgan fingerprint density at radius 3 is 1.33 bits per heavy atom. The van der Waals surface area contributed by atoms with Crippen molar-refractivity contribution < 1.29 is 27.2 Å². The fourth-order valence-electron chi connectivity index (χ4n) is 1.24. The largest absolute Gasteiger partial charge is 0.284 e. The van der Waals surface area contributed by atoms with Crippen LogP contribution in [0.4, 0.5) is 17.6 Å². The first kappa shape index (κ1) is 9.63. The van der Waals surface area contributed by atoms with E-state index in [0.717, 1.165) is 0 Å². The predicted molar refractivity (Wildman–Crippen MR) is 37.1 cm³/mol. The zero-order chi connectivity index (χ0) is 11.3. The van der Waals surface area contributed by atoms with Gasteiger partial charge in [-0.3, -0.25) is 9.59 Å². The van der Waals surface area contributed by atoms with Crippen LogP contribution < -0.4 is 5.32 Å². The fraction of sp³-hybridized carbons (Fsp3) is 0. The lowest BCUT2D eigenvalue weighted by molar-refractivity contribution is 0.0871. The van der Waals surface area contributed by atoms with Gasteiger partial charge in [0, 0.05) is 0 Å². The summed E-state index contributed by atoms with van der Waals surface area (Å²) in [5.74, 6) is -10.9. The van der Waals surface area contributed by atoms with Crippen LogP contribution in [0, 0.1) is 23.3 Å². The first-order chi connectivity index (χ1) is 6.95. The number of carbonyl (C=O) groups excluding carboxylic acids is 2. The Balaban J connectivity index is 2.92. The number of fused-ring (bicyclic) bond motifs is 1. The first-order valence-electron chi connectivity index (χ1n) is 3.61. The maximum Gasteiger partial charge on any atom is 0.284 e. The van der Waals surface area contributed by atoms with Crippen molar-refractivity contribution in [1.82, 2.24) is 5.32 Å². The number of hydrogen-bond donors (Lipinski definition) is 0. The molecule has 7 heteroatoms. The summed E-state index contributed by atoms with van der Waals surface area (Å²) in [5, 5.41) is 2.67. The zero-order valence-electron chi connectivity index (χ0n) is 6.78. The smallest absolute Gasteiger partial charge is 0.266 e. The first-order valence-corrected chi connectivity index (χ1v) is 3.61. The van der Waals surface area contributed by atoms with Crippen LogP contribution in [0.25, 0.3) is 0 Å². The van der Waals surface area contributed by atoms with E-state index >= 15 is 0 Å². The van der Waals surface area contributed by atoms with Crippen LogP contribution in [0.15, 0.2) is 0 Å². The number of nitrogens with zero attached hydrogens (tertiary/aromatic N) is 1. The lowest BCUT2D eigenvalue weighted by Gasteiger charge is -2.01. The molecule has 2 amide bonds. The third-order valence-electron chi connectivity index (χ3n) is 1.90. The van der Waals surface area contributed by atoms with E-state index in [9.17, 15) is 27.2 Å².